The first kappa shape index (κ1) is 16.0. The lowest BCUT2D eigenvalue weighted by Crippen LogP contribution is -2.33. The molecule has 130 valence electrons. The Morgan fingerprint density at radius 1 is 1.04 bits per heavy atom. The molecule has 0 aliphatic carbocycles. The number of rotatable bonds is 2. The maximum atomic E-state index is 12.7. The van der Waals surface area contributed by atoms with Gasteiger partial charge in [-0.1, -0.05) is 6.07 Å². The molecule has 2 heterocycles. The van der Waals surface area contributed by atoms with E-state index in [1.165, 1.54) is 11.1 Å². The first-order valence-electron chi connectivity index (χ1n) is 8.70. The standard InChI is InChI=1S/C20H23N3O2/c1-22-9-7-14-3-4-17(11-16(14)13-22)21-20(24)23-10-8-15-12-18(25-2)5-6-19(15)23/h3-6,11-12H,7-10,13H2,1-2H3,(H,21,24). The molecule has 25 heavy (non-hydrogen) atoms. The van der Waals surface area contributed by atoms with Gasteiger partial charge in [0.2, 0.25) is 0 Å². The molecule has 4 rings (SSSR count). The number of anilines is 2. The molecule has 1 N–H and O–H groups in total. The second-order valence-electron chi connectivity index (χ2n) is 6.80. The summed E-state index contributed by atoms with van der Waals surface area (Å²) in [6.07, 6.45) is 1.93. The Labute approximate surface area is 148 Å². The molecule has 2 aromatic carbocycles. The van der Waals surface area contributed by atoms with Crippen LogP contribution in [0.5, 0.6) is 5.75 Å². The van der Waals surface area contributed by atoms with Crippen LogP contribution in [0.25, 0.3) is 0 Å². The number of fused-ring (bicyclic) bond motifs is 2. The van der Waals surface area contributed by atoms with Crippen LogP contribution in [0.15, 0.2) is 36.4 Å². The van der Waals surface area contributed by atoms with Gasteiger partial charge >= 0.3 is 6.03 Å². The fourth-order valence-corrected chi connectivity index (χ4v) is 3.68. The summed E-state index contributed by atoms with van der Waals surface area (Å²) in [4.78, 5) is 16.8. The molecular weight excluding hydrogens is 314 g/mol. The molecule has 2 aliphatic rings. The zero-order chi connectivity index (χ0) is 17.4. The van der Waals surface area contributed by atoms with Crippen LogP contribution in [0, 0.1) is 0 Å². The molecular formula is C20H23N3O2. The lowest BCUT2D eigenvalue weighted by Gasteiger charge is -2.25. The van der Waals surface area contributed by atoms with E-state index in [4.69, 9.17) is 4.74 Å². The van der Waals surface area contributed by atoms with Gasteiger partial charge in [-0.2, -0.15) is 0 Å². The highest BCUT2D eigenvalue weighted by Gasteiger charge is 2.25. The van der Waals surface area contributed by atoms with E-state index < -0.39 is 0 Å². The van der Waals surface area contributed by atoms with Crippen molar-refractivity contribution in [3.63, 3.8) is 0 Å². The molecule has 0 atom stereocenters. The molecule has 5 heteroatoms. The molecule has 0 saturated heterocycles. The summed E-state index contributed by atoms with van der Waals surface area (Å²) >= 11 is 0. The number of hydrogen-bond acceptors (Lipinski definition) is 3. The van der Waals surface area contributed by atoms with Crippen molar-refractivity contribution >= 4 is 17.4 Å². The Morgan fingerprint density at radius 3 is 2.72 bits per heavy atom. The van der Waals surface area contributed by atoms with Crippen molar-refractivity contribution in [2.75, 3.05) is 37.5 Å². The number of urea groups is 1. The van der Waals surface area contributed by atoms with E-state index in [0.29, 0.717) is 6.54 Å². The van der Waals surface area contributed by atoms with Crippen LogP contribution in [0.4, 0.5) is 16.2 Å². The zero-order valence-corrected chi connectivity index (χ0v) is 14.7. The maximum absolute atomic E-state index is 12.7. The molecule has 2 aliphatic heterocycles. The van der Waals surface area contributed by atoms with Crippen LogP contribution in [0.3, 0.4) is 0 Å². The minimum absolute atomic E-state index is 0.0759. The third-order valence-corrected chi connectivity index (χ3v) is 5.09. The van der Waals surface area contributed by atoms with Crippen molar-refractivity contribution < 1.29 is 9.53 Å². The van der Waals surface area contributed by atoms with E-state index in [2.05, 4.69) is 29.4 Å². The largest absolute Gasteiger partial charge is 0.497 e. The monoisotopic (exact) mass is 337 g/mol. The number of methoxy groups -OCH3 is 1. The topological polar surface area (TPSA) is 44.8 Å². The number of hydrogen-bond donors (Lipinski definition) is 1. The molecule has 5 nitrogen and oxygen atoms in total. The molecule has 0 fully saturated rings. The number of nitrogens with zero attached hydrogens (tertiary/aromatic N) is 2. The predicted molar refractivity (Wildman–Crippen MR) is 99.5 cm³/mol. The van der Waals surface area contributed by atoms with Crippen LogP contribution < -0.4 is 15.0 Å². The van der Waals surface area contributed by atoms with Crippen molar-refractivity contribution in [2.45, 2.75) is 19.4 Å². The number of carbonyl (C=O) groups excluding carboxylic acids is 1. The fourth-order valence-electron chi connectivity index (χ4n) is 3.68. The Hall–Kier alpha value is -2.53. The number of benzene rings is 2. The third-order valence-electron chi connectivity index (χ3n) is 5.09. The summed E-state index contributed by atoms with van der Waals surface area (Å²) in [6, 6.07) is 12.0. The van der Waals surface area contributed by atoms with Gasteiger partial charge in [0, 0.05) is 31.0 Å². The van der Waals surface area contributed by atoms with E-state index in [1.54, 1.807) is 12.0 Å². The Balaban J connectivity index is 1.51. The summed E-state index contributed by atoms with van der Waals surface area (Å²) in [5.41, 5.74) is 5.67. The number of amides is 2. The van der Waals surface area contributed by atoms with Crippen LogP contribution in [0.2, 0.25) is 0 Å². The quantitative estimate of drug-likeness (QED) is 0.915. The highest BCUT2D eigenvalue weighted by Crippen LogP contribution is 2.32. The smallest absolute Gasteiger partial charge is 0.326 e. The van der Waals surface area contributed by atoms with Gasteiger partial charge in [0.1, 0.15) is 5.75 Å². The van der Waals surface area contributed by atoms with Crippen molar-refractivity contribution in [3.05, 3.63) is 53.1 Å². The Bertz CT molecular complexity index is 819. The third kappa shape index (κ3) is 3.07. The van der Waals surface area contributed by atoms with Crippen LogP contribution in [-0.2, 0) is 19.4 Å². The van der Waals surface area contributed by atoms with Gasteiger partial charge in [-0.15, -0.1) is 0 Å². The van der Waals surface area contributed by atoms with Gasteiger partial charge in [0.15, 0.2) is 0 Å². The minimum Gasteiger partial charge on any atom is -0.497 e. The van der Waals surface area contributed by atoms with Gasteiger partial charge in [0.05, 0.1) is 7.11 Å². The van der Waals surface area contributed by atoms with Crippen molar-refractivity contribution in [3.8, 4) is 5.75 Å². The zero-order valence-electron chi connectivity index (χ0n) is 14.7. The number of likely N-dealkylation sites (N-methyl/N-ethyl adjacent to an activating group) is 1. The summed E-state index contributed by atoms with van der Waals surface area (Å²) < 4.78 is 5.27. The van der Waals surface area contributed by atoms with E-state index >= 15 is 0 Å². The predicted octanol–water partition coefficient (Wildman–Crippen LogP) is 3.28. The Kier molecular flexibility index (Phi) is 4.09. The normalized spacial score (nSPS) is 16.3. The highest BCUT2D eigenvalue weighted by atomic mass is 16.5. The van der Waals surface area contributed by atoms with Crippen molar-refractivity contribution in [1.82, 2.24) is 4.90 Å². The van der Waals surface area contributed by atoms with Crippen LogP contribution in [0.1, 0.15) is 16.7 Å². The molecule has 0 radical (unpaired) electrons. The first-order valence-corrected chi connectivity index (χ1v) is 8.70. The molecule has 0 spiro atoms. The van der Waals surface area contributed by atoms with Crippen molar-refractivity contribution in [1.29, 1.82) is 0 Å². The molecule has 0 bridgehead atoms. The number of carbonyl (C=O) groups is 1. The molecule has 2 aromatic rings. The van der Waals surface area contributed by atoms with Gasteiger partial charge in [-0.3, -0.25) is 4.90 Å². The molecule has 0 saturated carbocycles. The van der Waals surface area contributed by atoms with E-state index in [1.807, 2.05) is 24.3 Å². The SMILES string of the molecule is COc1ccc2c(c1)CCN2C(=O)Nc1ccc2c(c1)CN(C)CC2. The molecule has 0 unspecified atom stereocenters. The second kappa shape index (κ2) is 6.41. The maximum Gasteiger partial charge on any atom is 0.326 e. The van der Waals surface area contributed by atoms with E-state index in [9.17, 15) is 4.79 Å². The second-order valence-corrected chi connectivity index (χ2v) is 6.80. The summed E-state index contributed by atoms with van der Waals surface area (Å²) in [5.74, 6) is 0.833. The summed E-state index contributed by atoms with van der Waals surface area (Å²) in [6.45, 7) is 2.72. The van der Waals surface area contributed by atoms with Crippen LogP contribution >= 0.6 is 0 Å². The average molecular weight is 337 g/mol. The van der Waals surface area contributed by atoms with E-state index in [-0.39, 0.29) is 6.03 Å². The van der Waals surface area contributed by atoms with Crippen molar-refractivity contribution in [2.24, 2.45) is 0 Å². The molecule has 2 amide bonds. The number of nitrogens with one attached hydrogen (secondary N) is 1. The minimum atomic E-state index is -0.0759. The van der Waals surface area contributed by atoms with Gasteiger partial charge in [0.25, 0.3) is 0 Å². The number of ether oxygens (including phenoxy) is 1. The first-order chi connectivity index (χ1) is 12.1. The average Bonchev–Trinajstić information content (AvgIpc) is 3.04. The van der Waals surface area contributed by atoms with Gasteiger partial charge < -0.3 is 15.0 Å². The Morgan fingerprint density at radius 2 is 1.88 bits per heavy atom. The highest BCUT2D eigenvalue weighted by molar-refractivity contribution is 6.03. The molecule has 0 aromatic heterocycles. The lowest BCUT2D eigenvalue weighted by atomic mass is 9.99. The summed E-state index contributed by atoms with van der Waals surface area (Å²) in [5, 5.41) is 3.06. The van der Waals surface area contributed by atoms with Crippen LogP contribution in [-0.4, -0.2) is 38.2 Å². The fraction of sp³-hybridized carbons (Fsp3) is 0.350. The lowest BCUT2D eigenvalue weighted by molar-refractivity contribution is 0.257. The van der Waals surface area contributed by atoms with E-state index in [0.717, 1.165) is 48.6 Å². The van der Waals surface area contributed by atoms with Gasteiger partial charge in [-0.25, -0.2) is 4.79 Å². The summed E-state index contributed by atoms with van der Waals surface area (Å²) in [7, 11) is 3.79. The van der Waals surface area contributed by atoms with Gasteiger partial charge in [-0.05, 0) is 66.9 Å².